The number of nitrogens with zero attached hydrogens (tertiary/aromatic N) is 1. The Balaban J connectivity index is 2.24. The van der Waals surface area contributed by atoms with Gasteiger partial charge in [0.15, 0.2) is 0 Å². The summed E-state index contributed by atoms with van der Waals surface area (Å²) >= 11 is 3.21. The molecule has 0 amide bonds. The molecule has 6 heteroatoms. The van der Waals surface area contributed by atoms with E-state index in [1.54, 1.807) is 6.07 Å². The van der Waals surface area contributed by atoms with E-state index in [1.807, 2.05) is 4.90 Å². The van der Waals surface area contributed by atoms with E-state index in [2.05, 4.69) is 21.2 Å². The summed E-state index contributed by atoms with van der Waals surface area (Å²) in [5.41, 5.74) is 0.606. The molecule has 0 aliphatic carbocycles. The number of nitrogens with one attached hydrogen (secondary N) is 1. The molecule has 0 unspecified atom stereocenters. The van der Waals surface area contributed by atoms with Crippen LogP contribution in [0.2, 0.25) is 0 Å². The third-order valence-electron chi connectivity index (χ3n) is 3.26. The molecule has 1 aliphatic heterocycles. The first kappa shape index (κ1) is 14.8. The molecule has 0 radical (unpaired) electrons. The largest absolute Gasteiger partial charge is 0.314 e. The van der Waals surface area contributed by atoms with Crippen molar-refractivity contribution in [1.82, 2.24) is 10.2 Å². The third kappa shape index (κ3) is 4.19. The van der Waals surface area contributed by atoms with E-state index < -0.39 is 18.3 Å². The second kappa shape index (κ2) is 6.72. The van der Waals surface area contributed by atoms with E-state index in [1.165, 1.54) is 12.1 Å². The predicted octanol–water partition coefficient (Wildman–Crippen LogP) is 3.19. The van der Waals surface area contributed by atoms with Crippen molar-refractivity contribution in [2.75, 3.05) is 26.2 Å². The first-order valence-corrected chi connectivity index (χ1v) is 7.04. The fraction of sp³-hybridized carbons (Fsp3) is 0.538. The van der Waals surface area contributed by atoms with Gasteiger partial charge in [0.1, 0.15) is 5.82 Å². The molecule has 0 saturated carbocycles. The summed E-state index contributed by atoms with van der Waals surface area (Å²) in [7, 11) is 0. The minimum absolute atomic E-state index is 0.268. The maximum absolute atomic E-state index is 13.4. The molecule has 2 nitrogen and oxygen atoms in total. The number of halogens is 4. The summed E-state index contributed by atoms with van der Waals surface area (Å²) in [5, 5.41) is 3.18. The average Bonchev–Trinajstić information content (AvgIpc) is 2.35. The van der Waals surface area contributed by atoms with Crippen LogP contribution in [-0.2, 0) is 0 Å². The molecule has 1 fully saturated rings. The van der Waals surface area contributed by atoms with Crippen LogP contribution in [0, 0.1) is 5.82 Å². The van der Waals surface area contributed by atoms with Crippen LogP contribution in [0.1, 0.15) is 18.0 Å². The molecule has 1 aromatic carbocycles. The van der Waals surface area contributed by atoms with Crippen LogP contribution in [-0.4, -0.2) is 37.5 Å². The van der Waals surface area contributed by atoms with E-state index in [-0.39, 0.29) is 6.42 Å². The molecule has 0 spiro atoms. The molecule has 0 aromatic heterocycles. The van der Waals surface area contributed by atoms with Gasteiger partial charge in [0, 0.05) is 43.1 Å². The zero-order chi connectivity index (χ0) is 13.8. The summed E-state index contributed by atoms with van der Waals surface area (Å²) in [6.45, 7) is 2.95. The first-order chi connectivity index (χ1) is 9.06. The normalized spacial score (nSPS) is 18.8. The Morgan fingerprint density at radius 3 is 2.47 bits per heavy atom. The molecule has 1 saturated heterocycles. The average molecular weight is 337 g/mol. The summed E-state index contributed by atoms with van der Waals surface area (Å²) in [6, 6.07) is 3.97. The highest BCUT2D eigenvalue weighted by Crippen LogP contribution is 2.30. The molecule has 106 valence electrons. The van der Waals surface area contributed by atoms with Crippen LogP contribution in [0.15, 0.2) is 22.7 Å². The van der Waals surface area contributed by atoms with Gasteiger partial charge in [0.25, 0.3) is 0 Å². The van der Waals surface area contributed by atoms with Gasteiger partial charge >= 0.3 is 0 Å². The summed E-state index contributed by atoms with van der Waals surface area (Å²) < 4.78 is 39.6. The number of hydrogen-bond donors (Lipinski definition) is 1. The Hall–Kier alpha value is -0.590. The van der Waals surface area contributed by atoms with Gasteiger partial charge < -0.3 is 5.32 Å². The fourth-order valence-corrected chi connectivity index (χ4v) is 2.91. The molecule has 1 N–H and O–H groups in total. The van der Waals surface area contributed by atoms with E-state index >= 15 is 0 Å². The molecular weight excluding hydrogens is 321 g/mol. The van der Waals surface area contributed by atoms with Crippen molar-refractivity contribution >= 4 is 15.9 Å². The Morgan fingerprint density at radius 1 is 1.21 bits per heavy atom. The highest BCUT2D eigenvalue weighted by atomic mass is 79.9. The SMILES string of the molecule is Fc1cc(Br)cc([C@@H](CC(F)F)N2CCNCC2)c1. The lowest BCUT2D eigenvalue weighted by molar-refractivity contribution is 0.0738. The van der Waals surface area contributed by atoms with Crippen molar-refractivity contribution < 1.29 is 13.2 Å². The van der Waals surface area contributed by atoms with Crippen molar-refractivity contribution in [3.63, 3.8) is 0 Å². The van der Waals surface area contributed by atoms with Gasteiger partial charge in [0.05, 0.1) is 0 Å². The Morgan fingerprint density at radius 2 is 1.89 bits per heavy atom. The van der Waals surface area contributed by atoms with Gasteiger partial charge in [0.2, 0.25) is 6.43 Å². The van der Waals surface area contributed by atoms with Crippen LogP contribution in [0.5, 0.6) is 0 Å². The molecule has 0 bridgehead atoms. The molecule has 2 rings (SSSR count). The smallest absolute Gasteiger partial charge is 0.240 e. The zero-order valence-corrected chi connectivity index (χ0v) is 12.0. The van der Waals surface area contributed by atoms with E-state index in [4.69, 9.17) is 0 Å². The molecule has 1 aliphatic rings. The molecular formula is C13H16BrF3N2. The van der Waals surface area contributed by atoms with Gasteiger partial charge in [-0.2, -0.15) is 0 Å². The second-order valence-corrected chi connectivity index (χ2v) is 5.55. The number of alkyl halides is 2. The van der Waals surface area contributed by atoms with Crippen LogP contribution in [0.3, 0.4) is 0 Å². The maximum atomic E-state index is 13.4. The molecule has 1 atom stereocenters. The highest BCUT2D eigenvalue weighted by Gasteiger charge is 2.25. The Kier molecular flexibility index (Phi) is 5.24. The van der Waals surface area contributed by atoms with Gasteiger partial charge in [-0.3, -0.25) is 4.90 Å². The van der Waals surface area contributed by atoms with Gasteiger partial charge in [-0.15, -0.1) is 0 Å². The topological polar surface area (TPSA) is 15.3 Å². The van der Waals surface area contributed by atoms with Crippen LogP contribution >= 0.6 is 15.9 Å². The van der Waals surface area contributed by atoms with Crippen molar-refractivity contribution in [2.24, 2.45) is 0 Å². The van der Waals surface area contributed by atoms with E-state index in [0.717, 1.165) is 13.1 Å². The van der Waals surface area contributed by atoms with Crippen molar-refractivity contribution in [3.8, 4) is 0 Å². The van der Waals surface area contributed by atoms with Crippen LogP contribution in [0.25, 0.3) is 0 Å². The summed E-state index contributed by atoms with van der Waals surface area (Å²) in [6.07, 6.45) is -2.67. The minimum Gasteiger partial charge on any atom is -0.314 e. The first-order valence-electron chi connectivity index (χ1n) is 6.25. The molecule has 19 heavy (non-hydrogen) atoms. The van der Waals surface area contributed by atoms with Gasteiger partial charge in [-0.1, -0.05) is 15.9 Å². The van der Waals surface area contributed by atoms with E-state index in [0.29, 0.717) is 23.1 Å². The Bertz CT molecular complexity index is 402. The lowest BCUT2D eigenvalue weighted by atomic mass is 10.0. The van der Waals surface area contributed by atoms with E-state index in [9.17, 15) is 13.2 Å². The molecule has 1 heterocycles. The summed E-state index contributed by atoms with van der Waals surface area (Å²) in [4.78, 5) is 1.99. The maximum Gasteiger partial charge on any atom is 0.240 e. The number of rotatable bonds is 4. The third-order valence-corrected chi connectivity index (χ3v) is 3.72. The minimum atomic E-state index is -2.40. The van der Waals surface area contributed by atoms with Crippen molar-refractivity contribution in [2.45, 2.75) is 18.9 Å². The second-order valence-electron chi connectivity index (χ2n) is 4.63. The lowest BCUT2D eigenvalue weighted by Gasteiger charge is -2.35. The number of benzene rings is 1. The van der Waals surface area contributed by atoms with Crippen LogP contribution in [0.4, 0.5) is 13.2 Å². The zero-order valence-electron chi connectivity index (χ0n) is 10.4. The van der Waals surface area contributed by atoms with Crippen molar-refractivity contribution in [1.29, 1.82) is 0 Å². The van der Waals surface area contributed by atoms with Crippen LogP contribution < -0.4 is 5.32 Å². The van der Waals surface area contributed by atoms with Crippen molar-refractivity contribution in [3.05, 3.63) is 34.1 Å². The fourth-order valence-electron chi connectivity index (χ4n) is 2.43. The van der Waals surface area contributed by atoms with Gasteiger partial charge in [-0.05, 0) is 23.8 Å². The Labute approximate surface area is 119 Å². The van der Waals surface area contributed by atoms with Gasteiger partial charge in [-0.25, -0.2) is 13.2 Å². The quantitative estimate of drug-likeness (QED) is 0.908. The lowest BCUT2D eigenvalue weighted by Crippen LogP contribution is -2.45. The molecule has 1 aromatic rings. The standard InChI is InChI=1S/C13H16BrF3N2/c14-10-5-9(6-11(15)7-10)12(8-13(16)17)19-3-1-18-2-4-19/h5-7,12-13,18H,1-4,8H2/t12-/m1/s1. The highest BCUT2D eigenvalue weighted by molar-refractivity contribution is 9.10. The summed E-state index contributed by atoms with van der Waals surface area (Å²) in [5.74, 6) is -0.404. The monoisotopic (exact) mass is 336 g/mol. The number of piperazine rings is 1. The number of hydrogen-bond acceptors (Lipinski definition) is 2. The predicted molar refractivity (Wildman–Crippen MR) is 71.9 cm³/mol.